The maximum Gasteiger partial charge on any atom is 0.265 e. The van der Waals surface area contributed by atoms with Gasteiger partial charge in [0.15, 0.2) is 6.61 Å². The summed E-state index contributed by atoms with van der Waals surface area (Å²) in [5.41, 5.74) is 0.503. The summed E-state index contributed by atoms with van der Waals surface area (Å²) < 4.78 is 32.0. The van der Waals surface area contributed by atoms with E-state index in [1.165, 1.54) is 17.0 Å². The largest absolute Gasteiger partial charge is 0.482 e. The SMILES string of the molecule is CCCNS(=O)(=O)c1ccc2c(c1)N(CC)C(=O)CO2. The van der Waals surface area contributed by atoms with Crippen LogP contribution in [-0.2, 0) is 14.8 Å². The summed E-state index contributed by atoms with van der Waals surface area (Å²) in [6.07, 6.45) is 0.715. The first-order chi connectivity index (χ1) is 9.49. The van der Waals surface area contributed by atoms with E-state index < -0.39 is 10.0 Å². The quantitative estimate of drug-likeness (QED) is 0.884. The van der Waals surface area contributed by atoms with Crippen LogP contribution in [0.4, 0.5) is 5.69 Å². The molecule has 0 unspecified atom stereocenters. The Morgan fingerprint density at radius 2 is 2.10 bits per heavy atom. The van der Waals surface area contributed by atoms with E-state index in [9.17, 15) is 13.2 Å². The molecular weight excluding hydrogens is 280 g/mol. The molecule has 0 spiro atoms. The molecule has 1 amide bonds. The van der Waals surface area contributed by atoms with Gasteiger partial charge in [-0.3, -0.25) is 4.79 Å². The number of benzene rings is 1. The fourth-order valence-electron chi connectivity index (χ4n) is 2.02. The highest BCUT2D eigenvalue weighted by atomic mass is 32.2. The molecular formula is C13H18N2O4S. The molecule has 0 saturated heterocycles. The smallest absolute Gasteiger partial charge is 0.265 e. The number of amides is 1. The molecule has 0 radical (unpaired) electrons. The Morgan fingerprint density at radius 3 is 2.75 bits per heavy atom. The van der Waals surface area contributed by atoms with Gasteiger partial charge in [-0.05, 0) is 31.5 Å². The minimum atomic E-state index is -3.55. The number of carbonyl (C=O) groups excluding carboxylic acids is 1. The lowest BCUT2D eigenvalue weighted by atomic mass is 10.2. The maximum absolute atomic E-state index is 12.1. The summed E-state index contributed by atoms with van der Waals surface area (Å²) in [6, 6.07) is 4.55. The van der Waals surface area contributed by atoms with Gasteiger partial charge in [-0.25, -0.2) is 13.1 Å². The number of fused-ring (bicyclic) bond motifs is 1. The molecule has 1 heterocycles. The average molecular weight is 298 g/mol. The molecule has 1 aliphatic rings. The van der Waals surface area contributed by atoms with Crippen molar-refractivity contribution in [3.8, 4) is 5.75 Å². The molecule has 1 aliphatic heterocycles. The van der Waals surface area contributed by atoms with Gasteiger partial charge in [-0.1, -0.05) is 6.92 Å². The van der Waals surface area contributed by atoms with Crippen molar-refractivity contribution in [1.29, 1.82) is 0 Å². The van der Waals surface area contributed by atoms with E-state index in [2.05, 4.69) is 4.72 Å². The van der Waals surface area contributed by atoms with Crippen LogP contribution in [0.3, 0.4) is 0 Å². The van der Waals surface area contributed by atoms with Crippen molar-refractivity contribution in [3.05, 3.63) is 18.2 Å². The van der Waals surface area contributed by atoms with Gasteiger partial charge in [-0.15, -0.1) is 0 Å². The number of ether oxygens (including phenoxy) is 1. The van der Waals surface area contributed by atoms with E-state index in [4.69, 9.17) is 4.74 Å². The minimum absolute atomic E-state index is 0.0129. The van der Waals surface area contributed by atoms with E-state index in [-0.39, 0.29) is 17.4 Å². The Kier molecular flexibility index (Phi) is 4.29. The van der Waals surface area contributed by atoms with Gasteiger partial charge >= 0.3 is 0 Å². The summed E-state index contributed by atoms with van der Waals surface area (Å²) in [4.78, 5) is 13.4. The highest BCUT2D eigenvalue weighted by Crippen LogP contribution is 2.33. The summed E-state index contributed by atoms with van der Waals surface area (Å²) in [5.74, 6) is 0.358. The van der Waals surface area contributed by atoms with E-state index in [0.29, 0.717) is 30.9 Å². The zero-order valence-corrected chi connectivity index (χ0v) is 12.4. The Balaban J connectivity index is 2.40. The molecule has 110 valence electrons. The van der Waals surface area contributed by atoms with Crippen molar-refractivity contribution in [2.24, 2.45) is 0 Å². The predicted molar refractivity (Wildman–Crippen MR) is 75.4 cm³/mol. The number of rotatable bonds is 5. The van der Waals surface area contributed by atoms with Crippen LogP contribution in [0.2, 0.25) is 0 Å². The third-order valence-corrected chi connectivity index (χ3v) is 4.50. The zero-order chi connectivity index (χ0) is 14.8. The molecule has 0 atom stereocenters. The number of sulfonamides is 1. The first-order valence-electron chi connectivity index (χ1n) is 6.56. The van der Waals surface area contributed by atoms with Gasteiger partial charge in [0.25, 0.3) is 5.91 Å². The molecule has 7 heteroatoms. The van der Waals surface area contributed by atoms with Gasteiger partial charge in [0.1, 0.15) is 5.75 Å². The van der Waals surface area contributed by atoms with Crippen LogP contribution in [0.15, 0.2) is 23.1 Å². The number of carbonyl (C=O) groups is 1. The van der Waals surface area contributed by atoms with Crippen molar-refractivity contribution < 1.29 is 17.9 Å². The van der Waals surface area contributed by atoms with Crippen molar-refractivity contribution in [2.45, 2.75) is 25.2 Å². The lowest BCUT2D eigenvalue weighted by Gasteiger charge is -2.28. The lowest BCUT2D eigenvalue weighted by Crippen LogP contribution is -2.38. The normalized spacial score (nSPS) is 14.9. The summed E-state index contributed by atoms with van der Waals surface area (Å²) in [6.45, 7) is 4.57. The van der Waals surface area contributed by atoms with Crippen LogP contribution in [-0.4, -0.2) is 34.0 Å². The first kappa shape index (κ1) is 14.8. The van der Waals surface area contributed by atoms with Gasteiger partial charge < -0.3 is 9.64 Å². The number of nitrogens with one attached hydrogen (secondary N) is 1. The molecule has 1 N–H and O–H groups in total. The van der Waals surface area contributed by atoms with Crippen molar-refractivity contribution in [2.75, 3.05) is 24.6 Å². The summed E-state index contributed by atoms with van der Waals surface area (Å²) in [5, 5.41) is 0. The second-order valence-electron chi connectivity index (χ2n) is 4.45. The van der Waals surface area contributed by atoms with Crippen LogP contribution >= 0.6 is 0 Å². The number of likely N-dealkylation sites (N-methyl/N-ethyl adjacent to an activating group) is 1. The van der Waals surface area contributed by atoms with Crippen molar-refractivity contribution in [1.82, 2.24) is 4.72 Å². The highest BCUT2D eigenvalue weighted by Gasteiger charge is 2.26. The van der Waals surface area contributed by atoms with Gasteiger partial charge in [0.2, 0.25) is 10.0 Å². The molecule has 20 heavy (non-hydrogen) atoms. The lowest BCUT2D eigenvalue weighted by molar-refractivity contribution is -0.121. The van der Waals surface area contributed by atoms with Crippen molar-refractivity contribution in [3.63, 3.8) is 0 Å². The molecule has 0 aromatic heterocycles. The molecule has 1 aromatic rings. The molecule has 0 aliphatic carbocycles. The van der Waals surface area contributed by atoms with Crippen LogP contribution in [0, 0.1) is 0 Å². The Hall–Kier alpha value is -1.60. The Morgan fingerprint density at radius 1 is 1.35 bits per heavy atom. The molecule has 0 saturated carbocycles. The number of anilines is 1. The highest BCUT2D eigenvalue weighted by molar-refractivity contribution is 7.89. The molecule has 0 fully saturated rings. The minimum Gasteiger partial charge on any atom is -0.482 e. The van der Waals surface area contributed by atoms with Crippen LogP contribution in [0.1, 0.15) is 20.3 Å². The fourth-order valence-corrected chi connectivity index (χ4v) is 3.17. The second kappa shape index (κ2) is 5.80. The number of hydrogen-bond acceptors (Lipinski definition) is 4. The maximum atomic E-state index is 12.1. The summed E-state index contributed by atoms with van der Waals surface area (Å²) in [7, 11) is -3.55. The molecule has 0 bridgehead atoms. The Bertz CT molecular complexity index is 613. The fraction of sp³-hybridized carbons (Fsp3) is 0.462. The van der Waals surface area contributed by atoms with E-state index in [1.54, 1.807) is 6.07 Å². The van der Waals surface area contributed by atoms with Crippen LogP contribution < -0.4 is 14.4 Å². The molecule has 1 aromatic carbocycles. The van der Waals surface area contributed by atoms with Crippen molar-refractivity contribution >= 4 is 21.6 Å². The third kappa shape index (κ3) is 2.78. The van der Waals surface area contributed by atoms with E-state index in [0.717, 1.165) is 0 Å². The number of hydrogen-bond donors (Lipinski definition) is 1. The van der Waals surface area contributed by atoms with Gasteiger partial charge in [-0.2, -0.15) is 0 Å². The average Bonchev–Trinajstić information content (AvgIpc) is 2.44. The standard InChI is InChI=1S/C13H18N2O4S/c1-3-7-14-20(17,18)10-5-6-12-11(8-10)15(4-2)13(16)9-19-12/h5-6,8,14H,3-4,7,9H2,1-2H3. The third-order valence-electron chi connectivity index (χ3n) is 3.04. The van der Waals surface area contributed by atoms with Crippen LogP contribution in [0.5, 0.6) is 5.75 Å². The zero-order valence-electron chi connectivity index (χ0n) is 11.5. The second-order valence-corrected chi connectivity index (χ2v) is 6.22. The predicted octanol–water partition coefficient (Wildman–Crippen LogP) is 1.12. The molecule has 6 nitrogen and oxygen atoms in total. The Labute approximate surface area is 118 Å². The monoisotopic (exact) mass is 298 g/mol. The first-order valence-corrected chi connectivity index (χ1v) is 8.04. The topological polar surface area (TPSA) is 75.7 Å². The van der Waals surface area contributed by atoms with Gasteiger partial charge in [0, 0.05) is 13.1 Å². The van der Waals surface area contributed by atoms with Crippen LogP contribution in [0.25, 0.3) is 0 Å². The van der Waals surface area contributed by atoms with E-state index in [1.807, 2.05) is 13.8 Å². The molecule has 2 rings (SSSR count). The number of nitrogens with zero attached hydrogens (tertiary/aromatic N) is 1. The van der Waals surface area contributed by atoms with Gasteiger partial charge in [0.05, 0.1) is 10.6 Å². The van der Waals surface area contributed by atoms with E-state index >= 15 is 0 Å². The summed E-state index contributed by atoms with van der Waals surface area (Å²) >= 11 is 0.